The number of hydrogen-bond donors (Lipinski definition) is 2. The zero-order valence-corrected chi connectivity index (χ0v) is 11.1. The number of aromatic carboxylic acids is 1. The quantitative estimate of drug-likeness (QED) is 0.852. The average Bonchev–Trinajstić information content (AvgIpc) is 2.38. The van der Waals surface area contributed by atoms with Gasteiger partial charge in [0.25, 0.3) is 0 Å². The topological polar surface area (TPSA) is 92.2 Å². The summed E-state index contributed by atoms with van der Waals surface area (Å²) in [5, 5.41) is 20.4. The van der Waals surface area contributed by atoms with Crippen molar-refractivity contribution < 1.29 is 14.1 Å². The maximum atomic E-state index is 11.2. The molecule has 1 aromatic heterocycles. The van der Waals surface area contributed by atoms with Crippen molar-refractivity contribution in [3.63, 3.8) is 0 Å². The van der Waals surface area contributed by atoms with Crippen LogP contribution in [0.15, 0.2) is 24.3 Å². The monoisotopic (exact) mass is 279 g/mol. The highest BCUT2D eigenvalue weighted by Crippen LogP contribution is 2.23. The first-order chi connectivity index (χ1) is 9.09. The van der Waals surface area contributed by atoms with Crippen molar-refractivity contribution >= 4 is 33.4 Å². The van der Waals surface area contributed by atoms with Gasteiger partial charge in [-0.15, -0.1) is 10.2 Å². The third-order valence-electron chi connectivity index (χ3n) is 2.56. The number of aromatic nitrogens is 2. The molecule has 100 valence electrons. The molecule has 0 aliphatic heterocycles. The molecule has 2 N–H and O–H groups in total. The molecule has 7 heteroatoms. The highest BCUT2D eigenvalue weighted by atomic mass is 32.2. The molecule has 0 saturated carbocycles. The van der Waals surface area contributed by atoms with Crippen LogP contribution in [-0.2, 0) is 10.8 Å². The molecule has 0 fully saturated rings. The number of anilines is 1. The number of hydrogen-bond acceptors (Lipinski definition) is 5. The minimum absolute atomic E-state index is 0.124. The summed E-state index contributed by atoms with van der Waals surface area (Å²) in [6, 6.07) is 7.15. The molecular formula is C12H13N3O3S. The largest absolute Gasteiger partial charge is 0.476 e. The van der Waals surface area contributed by atoms with Gasteiger partial charge in [0.2, 0.25) is 0 Å². The van der Waals surface area contributed by atoms with Gasteiger partial charge in [0.1, 0.15) is 0 Å². The van der Waals surface area contributed by atoms with Crippen LogP contribution in [0.2, 0.25) is 0 Å². The summed E-state index contributed by atoms with van der Waals surface area (Å²) < 4.78 is 11.0. The fraction of sp³-hybridized carbons (Fsp3) is 0.250. The van der Waals surface area contributed by atoms with Gasteiger partial charge in [-0.05, 0) is 6.07 Å². The van der Waals surface area contributed by atoms with Crippen LogP contribution in [0.1, 0.15) is 10.5 Å². The average molecular weight is 279 g/mol. The Balaban J connectivity index is 2.43. The molecular weight excluding hydrogens is 266 g/mol. The van der Waals surface area contributed by atoms with Gasteiger partial charge in [-0.3, -0.25) is 4.21 Å². The summed E-state index contributed by atoms with van der Waals surface area (Å²) in [7, 11) is -0.936. The van der Waals surface area contributed by atoms with E-state index in [-0.39, 0.29) is 5.69 Å². The van der Waals surface area contributed by atoms with Gasteiger partial charge in [-0.2, -0.15) is 0 Å². The number of nitrogens with zero attached hydrogens (tertiary/aromatic N) is 2. The fourth-order valence-corrected chi connectivity index (χ4v) is 2.09. The predicted molar refractivity (Wildman–Crippen MR) is 73.9 cm³/mol. The van der Waals surface area contributed by atoms with Crippen molar-refractivity contribution in [1.29, 1.82) is 0 Å². The molecule has 2 aromatic rings. The van der Waals surface area contributed by atoms with E-state index in [1.807, 2.05) is 6.07 Å². The van der Waals surface area contributed by atoms with E-state index in [4.69, 9.17) is 5.11 Å². The van der Waals surface area contributed by atoms with Crippen LogP contribution in [0.4, 0.5) is 5.69 Å². The van der Waals surface area contributed by atoms with Crippen molar-refractivity contribution in [2.24, 2.45) is 0 Å². The molecule has 0 aliphatic carbocycles. The number of nitrogens with one attached hydrogen (secondary N) is 1. The van der Waals surface area contributed by atoms with Crippen LogP contribution < -0.4 is 5.32 Å². The number of carbonyl (C=O) groups is 1. The first-order valence-corrected chi connectivity index (χ1v) is 7.35. The fourth-order valence-electron chi connectivity index (χ4n) is 1.70. The second-order valence-corrected chi connectivity index (χ2v) is 5.50. The Labute approximate surface area is 112 Å². The van der Waals surface area contributed by atoms with Crippen LogP contribution >= 0.6 is 0 Å². The van der Waals surface area contributed by atoms with Gasteiger partial charge in [0.15, 0.2) is 5.69 Å². The van der Waals surface area contributed by atoms with Crippen molar-refractivity contribution in [3.8, 4) is 0 Å². The number of fused-ring (bicyclic) bond motifs is 1. The van der Waals surface area contributed by atoms with Gasteiger partial charge in [0.05, 0.1) is 11.2 Å². The Morgan fingerprint density at radius 3 is 2.79 bits per heavy atom. The molecule has 6 nitrogen and oxygen atoms in total. The number of rotatable bonds is 5. The third-order valence-corrected chi connectivity index (χ3v) is 3.34. The lowest BCUT2D eigenvalue weighted by molar-refractivity contribution is 0.0690. The highest BCUT2D eigenvalue weighted by Gasteiger charge is 2.16. The van der Waals surface area contributed by atoms with Gasteiger partial charge >= 0.3 is 5.97 Å². The molecule has 0 spiro atoms. The van der Waals surface area contributed by atoms with Gasteiger partial charge in [-0.1, -0.05) is 18.2 Å². The molecule has 0 saturated heterocycles. The SMILES string of the molecule is CS(=O)CCNc1c(C(=O)O)nnc2ccccc12. The van der Waals surface area contributed by atoms with Crippen LogP contribution in [0.5, 0.6) is 0 Å². The zero-order valence-electron chi connectivity index (χ0n) is 10.3. The first kappa shape index (κ1) is 13.4. The van der Waals surface area contributed by atoms with E-state index in [1.54, 1.807) is 24.5 Å². The molecule has 1 unspecified atom stereocenters. The van der Waals surface area contributed by atoms with Crippen LogP contribution in [0, 0.1) is 0 Å². The van der Waals surface area contributed by atoms with Crippen molar-refractivity contribution in [2.45, 2.75) is 0 Å². The molecule has 0 amide bonds. The highest BCUT2D eigenvalue weighted by molar-refractivity contribution is 7.84. The number of benzene rings is 1. The predicted octanol–water partition coefficient (Wildman–Crippen LogP) is 1.12. The minimum Gasteiger partial charge on any atom is -0.476 e. The van der Waals surface area contributed by atoms with E-state index in [0.29, 0.717) is 28.9 Å². The molecule has 0 aliphatic rings. The molecule has 1 heterocycles. The normalized spacial score (nSPS) is 12.3. The standard InChI is InChI=1S/C12H13N3O3S/c1-19(18)7-6-13-10-8-4-2-3-5-9(8)14-15-11(10)12(16)17/h2-5H,6-7H2,1H3,(H,13,14)(H,16,17). The van der Waals surface area contributed by atoms with E-state index in [0.717, 1.165) is 0 Å². The second kappa shape index (κ2) is 5.75. The van der Waals surface area contributed by atoms with E-state index in [1.165, 1.54) is 0 Å². The summed E-state index contributed by atoms with van der Waals surface area (Å²) in [4.78, 5) is 11.2. The Bertz CT molecular complexity index is 645. The molecule has 1 aromatic carbocycles. The lowest BCUT2D eigenvalue weighted by atomic mass is 10.1. The Hall–Kier alpha value is -2.02. The van der Waals surface area contributed by atoms with E-state index in [9.17, 15) is 9.00 Å². The second-order valence-electron chi connectivity index (χ2n) is 3.95. The van der Waals surface area contributed by atoms with E-state index in [2.05, 4.69) is 15.5 Å². The first-order valence-electron chi connectivity index (χ1n) is 5.62. The Morgan fingerprint density at radius 1 is 1.37 bits per heavy atom. The van der Waals surface area contributed by atoms with Gasteiger partial charge < -0.3 is 10.4 Å². The van der Waals surface area contributed by atoms with Crippen LogP contribution in [0.3, 0.4) is 0 Å². The van der Waals surface area contributed by atoms with Crippen molar-refractivity contribution in [2.75, 3.05) is 23.9 Å². The summed E-state index contributed by atoms with van der Waals surface area (Å²) in [5.41, 5.74) is 0.914. The minimum atomic E-state index is -1.14. The molecule has 0 bridgehead atoms. The zero-order chi connectivity index (χ0) is 13.8. The lowest BCUT2D eigenvalue weighted by Gasteiger charge is -2.10. The Morgan fingerprint density at radius 2 is 2.11 bits per heavy atom. The Kier molecular flexibility index (Phi) is 4.06. The summed E-state index contributed by atoms with van der Waals surface area (Å²) in [6.45, 7) is 0.416. The van der Waals surface area contributed by atoms with Gasteiger partial charge in [0, 0.05) is 34.7 Å². The number of carboxylic acid groups (broad SMARTS) is 1. The van der Waals surface area contributed by atoms with Crippen molar-refractivity contribution in [1.82, 2.24) is 10.2 Å². The molecule has 2 rings (SSSR count). The number of carboxylic acids is 1. The van der Waals surface area contributed by atoms with E-state index < -0.39 is 16.8 Å². The van der Waals surface area contributed by atoms with Crippen LogP contribution in [-0.4, -0.2) is 44.0 Å². The van der Waals surface area contributed by atoms with Crippen LogP contribution in [0.25, 0.3) is 10.9 Å². The smallest absolute Gasteiger partial charge is 0.358 e. The summed E-state index contributed by atoms with van der Waals surface area (Å²) in [6.07, 6.45) is 1.60. The van der Waals surface area contributed by atoms with Crippen molar-refractivity contribution in [3.05, 3.63) is 30.0 Å². The molecule has 19 heavy (non-hydrogen) atoms. The molecule has 0 radical (unpaired) electrons. The molecule has 1 atom stereocenters. The summed E-state index contributed by atoms with van der Waals surface area (Å²) >= 11 is 0. The summed E-state index contributed by atoms with van der Waals surface area (Å²) in [5.74, 6) is -0.700. The van der Waals surface area contributed by atoms with E-state index >= 15 is 0 Å². The lowest BCUT2D eigenvalue weighted by Crippen LogP contribution is -2.15. The maximum Gasteiger partial charge on any atom is 0.358 e. The third kappa shape index (κ3) is 3.05. The van der Waals surface area contributed by atoms with Gasteiger partial charge in [-0.25, -0.2) is 4.79 Å². The maximum absolute atomic E-state index is 11.2.